The van der Waals surface area contributed by atoms with Crippen LogP contribution in [0.5, 0.6) is 0 Å². The minimum Gasteiger partial charge on any atom is -0.396 e. The van der Waals surface area contributed by atoms with Crippen LogP contribution in [-0.2, 0) is 0 Å². The first kappa shape index (κ1) is 10.2. The quantitative estimate of drug-likeness (QED) is 0.816. The van der Waals surface area contributed by atoms with Crippen molar-refractivity contribution in [3.8, 4) is 6.07 Å². The molecule has 1 fully saturated rings. The van der Waals surface area contributed by atoms with E-state index >= 15 is 0 Å². The zero-order valence-electron chi connectivity index (χ0n) is 8.90. The molecular formula is C13H15NO. The molecule has 1 aromatic rings. The molecule has 0 amide bonds. The van der Waals surface area contributed by atoms with Gasteiger partial charge in [0.2, 0.25) is 0 Å². The monoisotopic (exact) mass is 201 g/mol. The first-order valence-corrected chi connectivity index (χ1v) is 5.41. The largest absolute Gasteiger partial charge is 0.396 e. The van der Waals surface area contributed by atoms with Gasteiger partial charge in [0.25, 0.3) is 0 Å². The predicted molar refractivity (Wildman–Crippen MR) is 58.6 cm³/mol. The molecule has 0 bridgehead atoms. The Labute approximate surface area is 90.2 Å². The molecule has 1 N–H and O–H groups in total. The van der Waals surface area contributed by atoms with Crippen molar-refractivity contribution in [1.29, 1.82) is 5.26 Å². The van der Waals surface area contributed by atoms with Crippen LogP contribution in [-0.4, -0.2) is 11.7 Å². The maximum Gasteiger partial charge on any atom is 0.0997 e. The Kier molecular flexibility index (Phi) is 2.75. The molecule has 1 saturated carbocycles. The molecular weight excluding hydrogens is 186 g/mol. The number of hydrogen-bond donors (Lipinski definition) is 1. The average Bonchev–Trinajstić information content (AvgIpc) is 3.10. The highest BCUT2D eigenvalue weighted by Gasteiger charge is 2.27. The van der Waals surface area contributed by atoms with Crippen molar-refractivity contribution < 1.29 is 5.11 Å². The number of nitrogens with zero attached hydrogens (tertiary/aromatic N) is 1. The van der Waals surface area contributed by atoms with E-state index in [0.717, 1.165) is 11.1 Å². The van der Waals surface area contributed by atoms with E-state index in [1.807, 2.05) is 25.1 Å². The molecule has 0 aliphatic heterocycles. The molecule has 15 heavy (non-hydrogen) atoms. The molecule has 1 aliphatic carbocycles. The highest BCUT2D eigenvalue weighted by atomic mass is 16.3. The maximum absolute atomic E-state index is 9.19. The van der Waals surface area contributed by atoms with E-state index in [0.29, 0.717) is 5.92 Å². The maximum atomic E-state index is 9.19. The van der Waals surface area contributed by atoms with E-state index in [2.05, 4.69) is 6.07 Å². The minimum atomic E-state index is 0.0540. The van der Waals surface area contributed by atoms with Crippen LogP contribution < -0.4 is 0 Å². The zero-order chi connectivity index (χ0) is 10.8. The Morgan fingerprint density at radius 3 is 2.80 bits per heavy atom. The fourth-order valence-electron chi connectivity index (χ4n) is 1.96. The lowest BCUT2D eigenvalue weighted by atomic mass is 9.91. The van der Waals surface area contributed by atoms with Crippen molar-refractivity contribution in [1.82, 2.24) is 0 Å². The lowest BCUT2D eigenvalue weighted by Gasteiger charge is -2.13. The van der Waals surface area contributed by atoms with Crippen LogP contribution in [0.4, 0.5) is 0 Å². The molecule has 2 rings (SSSR count). The summed E-state index contributed by atoms with van der Waals surface area (Å²) in [5.41, 5.74) is 2.96. The Balaban J connectivity index is 2.46. The topological polar surface area (TPSA) is 44.0 Å². The molecule has 0 spiro atoms. The molecule has 1 aliphatic rings. The Morgan fingerprint density at radius 2 is 2.27 bits per heavy atom. The van der Waals surface area contributed by atoms with Crippen LogP contribution in [0.25, 0.3) is 0 Å². The number of rotatable bonds is 3. The summed E-state index contributed by atoms with van der Waals surface area (Å²) in [6.45, 7) is 2.05. The van der Waals surface area contributed by atoms with Gasteiger partial charge >= 0.3 is 0 Å². The molecule has 0 radical (unpaired) electrons. The van der Waals surface area contributed by atoms with Crippen molar-refractivity contribution in [3.05, 3.63) is 34.9 Å². The number of nitriles is 1. The molecule has 1 aromatic carbocycles. The van der Waals surface area contributed by atoms with Crippen LogP contribution in [0.2, 0.25) is 0 Å². The fraction of sp³-hybridized carbons (Fsp3) is 0.462. The molecule has 2 heteroatoms. The Bertz CT molecular complexity index is 401. The van der Waals surface area contributed by atoms with Crippen LogP contribution in [0.15, 0.2) is 18.2 Å². The third kappa shape index (κ3) is 1.88. The van der Waals surface area contributed by atoms with Crippen molar-refractivity contribution in [2.24, 2.45) is 0 Å². The number of aliphatic hydroxyl groups excluding tert-OH is 1. The summed E-state index contributed by atoms with van der Waals surface area (Å²) in [6.07, 6.45) is 2.40. The van der Waals surface area contributed by atoms with Gasteiger partial charge < -0.3 is 5.11 Å². The predicted octanol–water partition coefficient (Wildman–Crippen LogP) is 2.53. The van der Waals surface area contributed by atoms with Gasteiger partial charge in [-0.2, -0.15) is 5.26 Å². The van der Waals surface area contributed by atoms with Gasteiger partial charge in [-0.1, -0.05) is 25.1 Å². The van der Waals surface area contributed by atoms with Crippen molar-refractivity contribution in [3.63, 3.8) is 0 Å². The molecule has 78 valence electrons. The summed E-state index contributed by atoms with van der Waals surface area (Å²) in [4.78, 5) is 0. The van der Waals surface area contributed by atoms with Crippen molar-refractivity contribution in [2.45, 2.75) is 31.6 Å². The normalized spacial score (nSPS) is 17.1. The molecule has 0 saturated heterocycles. The van der Waals surface area contributed by atoms with Crippen molar-refractivity contribution >= 4 is 0 Å². The van der Waals surface area contributed by atoms with Crippen LogP contribution in [0.1, 0.15) is 48.3 Å². The highest BCUT2D eigenvalue weighted by Crippen LogP contribution is 2.42. The second-order valence-corrected chi connectivity index (χ2v) is 4.28. The highest BCUT2D eigenvalue weighted by molar-refractivity contribution is 5.48. The third-order valence-electron chi connectivity index (χ3n) is 3.06. The second kappa shape index (κ2) is 4.04. The number of benzene rings is 1. The van der Waals surface area contributed by atoms with Gasteiger partial charge in [-0.3, -0.25) is 0 Å². The van der Waals surface area contributed by atoms with Crippen LogP contribution in [0.3, 0.4) is 0 Å². The summed E-state index contributed by atoms with van der Waals surface area (Å²) < 4.78 is 0. The standard InChI is InChI=1S/C13H15NO/c1-9(8-15)11-3-2-4-12(10-5-6-10)13(11)7-14/h2-4,9-10,15H,5-6,8H2,1H3. The smallest absolute Gasteiger partial charge is 0.0997 e. The van der Waals surface area contributed by atoms with E-state index in [1.165, 1.54) is 18.4 Å². The molecule has 1 atom stereocenters. The number of aliphatic hydroxyl groups is 1. The lowest BCUT2D eigenvalue weighted by Crippen LogP contribution is -2.03. The van der Waals surface area contributed by atoms with Gasteiger partial charge in [0.15, 0.2) is 0 Å². The lowest BCUT2D eigenvalue weighted by molar-refractivity contribution is 0.273. The van der Waals surface area contributed by atoms with E-state index in [4.69, 9.17) is 5.11 Å². The average molecular weight is 201 g/mol. The van der Waals surface area contributed by atoms with E-state index in [1.54, 1.807) is 0 Å². The van der Waals surface area contributed by atoms with Crippen molar-refractivity contribution in [2.75, 3.05) is 6.61 Å². The number of hydrogen-bond acceptors (Lipinski definition) is 2. The Morgan fingerprint density at radius 1 is 1.53 bits per heavy atom. The first-order chi connectivity index (χ1) is 7.27. The summed E-state index contributed by atoms with van der Waals surface area (Å²) in [6, 6.07) is 8.28. The van der Waals surface area contributed by atoms with Gasteiger partial charge in [-0.15, -0.1) is 0 Å². The van der Waals surface area contributed by atoms with E-state index < -0.39 is 0 Å². The molecule has 0 heterocycles. The molecule has 1 unspecified atom stereocenters. The van der Waals surface area contributed by atoms with E-state index in [-0.39, 0.29) is 12.5 Å². The van der Waals surface area contributed by atoms with Crippen LogP contribution in [0, 0.1) is 11.3 Å². The van der Waals surface area contributed by atoms with Gasteiger partial charge in [0.05, 0.1) is 11.6 Å². The fourth-order valence-corrected chi connectivity index (χ4v) is 1.96. The minimum absolute atomic E-state index is 0.0540. The zero-order valence-corrected chi connectivity index (χ0v) is 8.90. The summed E-state index contributed by atoms with van der Waals surface area (Å²) in [5.74, 6) is 0.642. The molecule has 2 nitrogen and oxygen atoms in total. The SMILES string of the molecule is CC(CO)c1cccc(C2CC2)c1C#N. The van der Waals surface area contributed by atoms with Gasteiger partial charge in [-0.05, 0) is 29.9 Å². The third-order valence-corrected chi connectivity index (χ3v) is 3.06. The molecule has 0 aromatic heterocycles. The second-order valence-electron chi connectivity index (χ2n) is 4.28. The Hall–Kier alpha value is -1.33. The van der Waals surface area contributed by atoms with Crippen LogP contribution >= 0.6 is 0 Å². The first-order valence-electron chi connectivity index (χ1n) is 5.41. The van der Waals surface area contributed by atoms with E-state index in [9.17, 15) is 5.26 Å². The van der Waals surface area contributed by atoms with Gasteiger partial charge in [-0.25, -0.2) is 0 Å². The van der Waals surface area contributed by atoms with Gasteiger partial charge in [0.1, 0.15) is 0 Å². The van der Waals surface area contributed by atoms with Gasteiger partial charge in [0, 0.05) is 12.5 Å². The summed E-state index contributed by atoms with van der Waals surface area (Å²) >= 11 is 0. The summed E-state index contributed by atoms with van der Waals surface area (Å²) in [7, 11) is 0. The summed E-state index contributed by atoms with van der Waals surface area (Å²) in [5, 5.41) is 18.3.